The van der Waals surface area contributed by atoms with Gasteiger partial charge in [0.15, 0.2) is 0 Å². The van der Waals surface area contributed by atoms with Gasteiger partial charge in [-0.2, -0.15) is 5.10 Å². The minimum absolute atomic E-state index is 0.0324. The summed E-state index contributed by atoms with van der Waals surface area (Å²) < 4.78 is 29.3. The second-order valence-corrected chi connectivity index (χ2v) is 8.58. The molecule has 1 amide bonds. The summed E-state index contributed by atoms with van der Waals surface area (Å²) in [4.78, 5) is 14.7. The topological polar surface area (TPSA) is 84.3 Å². The van der Waals surface area contributed by atoms with Gasteiger partial charge in [-0.05, 0) is 30.2 Å². The number of nitrogens with one attached hydrogen (secondary N) is 1. The summed E-state index contributed by atoms with van der Waals surface area (Å²) in [5.74, 6) is 0.135. The number of nitrogens with zero attached hydrogens (tertiary/aromatic N) is 3. The molecule has 0 aliphatic carbocycles. The van der Waals surface area contributed by atoms with Gasteiger partial charge in [-0.25, -0.2) is 13.1 Å². The van der Waals surface area contributed by atoms with Gasteiger partial charge >= 0.3 is 0 Å². The normalized spacial score (nSPS) is 17.0. The highest BCUT2D eigenvalue weighted by Crippen LogP contribution is 2.21. The third kappa shape index (κ3) is 4.45. The van der Waals surface area contributed by atoms with E-state index in [-0.39, 0.29) is 23.4 Å². The molecule has 1 aliphatic rings. The maximum absolute atomic E-state index is 12.9. The summed E-state index contributed by atoms with van der Waals surface area (Å²) in [6.45, 7) is 5.31. The van der Waals surface area contributed by atoms with Crippen molar-refractivity contribution in [3.8, 4) is 0 Å². The quantitative estimate of drug-likeness (QED) is 0.734. The first-order chi connectivity index (χ1) is 12.9. The van der Waals surface area contributed by atoms with E-state index in [9.17, 15) is 13.2 Å². The first-order valence-electron chi connectivity index (χ1n) is 8.93. The van der Waals surface area contributed by atoms with E-state index in [1.807, 2.05) is 12.2 Å². The molecular weight excluding hydrogens is 364 g/mol. The van der Waals surface area contributed by atoms with Gasteiger partial charge in [0, 0.05) is 31.0 Å². The van der Waals surface area contributed by atoms with E-state index in [1.165, 1.54) is 12.1 Å². The van der Waals surface area contributed by atoms with Crippen LogP contribution in [0.1, 0.15) is 24.2 Å². The molecule has 1 N–H and O–H groups in total. The molecule has 1 aromatic carbocycles. The summed E-state index contributed by atoms with van der Waals surface area (Å²) in [5.41, 5.74) is 0.374. The van der Waals surface area contributed by atoms with Crippen LogP contribution >= 0.6 is 0 Å². The fourth-order valence-electron chi connectivity index (χ4n) is 3.11. The lowest BCUT2D eigenvalue weighted by Crippen LogP contribution is -2.39. The maximum Gasteiger partial charge on any atom is 0.254 e. The fourth-order valence-corrected chi connectivity index (χ4v) is 4.18. The highest BCUT2D eigenvalue weighted by molar-refractivity contribution is 7.89. The number of carbonyl (C=O) groups excluding carboxylic acids is 1. The van der Waals surface area contributed by atoms with Gasteiger partial charge in [0.1, 0.15) is 0 Å². The summed E-state index contributed by atoms with van der Waals surface area (Å²) >= 11 is 0. The van der Waals surface area contributed by atoms with Gasteiger partial charge in [-0.3, -0.25) is 9.48 Å². The third-order valence-electron chi connectivity index (χ3n) is 4.52. The Balaban J connectivity index is 1.71. The van der Waals surface area contributed by atoms with Crippen molar-refractivity contribution in [2.24, 2.45) is 5.92 Å². The van der Waals surface area contributed by atoms with Crippen molar-refractivity contribution in [3.63, 3.8) is 0 Å². The Labute approximate surface area is 159 Å². The van der Waals surface area contributed by atoms with Gasteiger partial charge in [0.2, 0.25) is 10.0 Å². The molecule has 8 heteroatoms. The minimum atomic E-state index is -3.70. The van der Waals surface area contributed by atoms with Crippen molar-refractivity contribution in [1.29, 1.82) is 0 Å². The molecule has 1 atom stereocenters. The third-order valence-corrected chi connectivity index (χ3v) is 5.98. The second-order valence-electron chi connectivity index (χ2n) is 6.82. The van der Waals surface area contributed by atoms with Gasteiger partial charge in [0.05, 0.1) is 17.5 Å². The molecular formula is C19H24N4O3S. The highest BCUT2D eigenvalue weighted by atomic mass is 32.2. The van der Waals surface area contributed by atoms with Crippen LogP contribution < -0.4 is 4.72 Å². The maximum atomic E-state index is 12.9. The Bertz CT molecular complexity index is 920. The van der Waals surface area contributed by atoms with Gasteiger partial charge < -0.3 is 4.90 Å². The number of carbonyl (C=O) groups is 1. The number of amides is 1. The van der Waals surface area contributed by atoms with Crippen molar-refractivity contribution >= 4 is 15.9 Å². The van der Waals surface area contributed by atoms with Gasteiger partial charge in [-0.15, -0.1) is 0 Å². The molecule has 144 valence electrons. The standard InChI is InChI=1S/C19H24N4O3S/c1-15(2)18-8-4-12-23(18)19(24)16-6-3-7-17(14-16)27(25,26)21-10-13-22-11-5-9-20-22/h3-9,11,14-15,18,21H,10,12-13H2,1-2H3. The van der Waals surface area contributed by atoms with E-state index in [0.717, 1.165) is 0 Å². The summed E-state index contributed by atoms with van der Waals surface area (Å²) in [6, 6.07) is 8.00. The van der Waals surface area contributed by atoms with E-state index in [4.69, 9.17) is 0 Å². The van der Waals surface area contributed by atoms with Crippen LogP contribution in [-0.4, -0.2) is 48.1 Å². The molecule has 0 spiro atoms. The average Bonchev–Trinajstić information content (AvgIpc) is 3.33. The molecule has 2 heterocycles. The van der Waals surface area contributed by atoms with Crippen molar-refractivity contribution in [1.82, 2.24) is 19.4 Å². The van der Waals surface area contributed by atoms with Crippen LogP contribution in [0.15, 0.2) is 59.8 Å². The SMILES string of the molecule is CC(C)C1C=CCN1C(=O)c1cccc(S(=O)(=O)NCCn2cccn2)c1. The van der Waals surface area contributed by atoms with Crippen molar-refractivity contribution in [3.05, 3.63) is 60.4 Å². The van der Waals surface area contributed by atoms with Crippen LogP contribution in [0.2, 0.25) is 0 Å². The molecule has 0 bridgehead atoms. The molecule has 1 aliphatic heterocycles. The summed E-state index contributed by atoms with van der Waals surface area (Å²) in [6.07, 6.45) is 7.41. The van der Waals surface area contributed by atoms with Crippen molar-refractivity contribution in [2.45, 2.75) is 31.3 Å². The zero-order chi connectivity index (χ0) is 19.4. The number of rotatable bonds is 7. The molecule has 0 radical (unpaired) electrons. The molecule has 3 rings (SSSR count). The fraction of sp³-hybridized carbons (Fsp3) is 0.368. The first-order valence-corrected chi connectivity index (χ1v) is 10.4. The van der Waals surface area contributed by atoms with Crippen LogP contribution in [0.4, 0.5) is 0 Å². The zero-order valence-electron chi connectivity index (χ0n) is 15.4. The zero-order valence-corrected chi connectivity index (χ0v) is 16.3. The predicted molar refractivity (Wildman–Crippen MR) is 103 cm³/mol. The molecule has 7 nitrogen and oxygen atoms in total. The largest absolute Gasteiger partial charge is 0.328 e. The lowest BCUT2D eigenvalue weighted by molar-refractivity contribution is 0.0720. The lowest BCUT2D eigenvalue weighted by atomic mass is 10.0. The number of hydrogen-bond donors (Lipinski definition) is 1. The molecule has 2 aromatic rings. The van der Waals surface area contributed by atoms with Gasteiger partial charge in [-0.1, -0.05) is 32.1 Å². The minimum Gasteiger partial charge on any atom is -0.328 e. The molecule has 0 saturated carbocycles. The Morgan fingerprint density at radius 3 is 2.85 bits per heavy atom. The van der Waals surface area contributed by atoms with E-state index >= 15 is 0 Å². The average molecular weight is 388 g/mol. The van der Waals surface area contributed by atoms with E-state index < -0.39 is 10.0 Å². The van der Waals surface area contributed by atoms with Crippen LogP contribution in [0.5, 0.6) is 0 Å². The molecule has 0 fully saturated rings. The van der Waals surface area contributed by atoms with Crippen molar-refractivity contribution < 1.29 is 13.2 Å². The molecule has 0 saturated heterocycles. The smallest absolute Gasteiger partial charge is 0.254 e. The Hall–Kier alpha value is -2.45. The van der Waals surface area contributed by atoms with Gasteiger partial charge in [0.25, 0.3) is 5.91 Å². The summed E-state index contributed by atoms with van der Waals surface area (Å²) in [5, 5.41) is 4.04. The summed E-state index contributed by atoms with van der Waals surface area (Å²) in [7, 11) is -3.70. The van der Waals surface area contributed by atoms with E-state index in [1.54, 1.807) is 40.2 Å². The van der Waals surface area contributed by atoms with Crippen LogP contribution in [0, 0.1) is 5.92 Å². The van der Waals surface area contributed by atoms with Crippen molar-refractivity contribution in [2.75, 3.05) is 13.1 Å². The number of hydrogen-bond acceptors (Lipinski definition) is 4. The number of aromatic nitrogens is 2. The monoisotopic (exact) mass is 388 g/mol. The first kappa shape index (κ1) is 19.3. The van der Waals surface area contributed by atoms with Crippen LogP contribution in [0.25, 0.3) is 0 Å². The Kier molecular flexibility index (Phi) is 5.76. The van der Waals surface area contributed by atoms with Crippen LogP contribution in [0.3, 0.4) is 0 Å². The molecule has 1 unspecified atom stereocenters. The Morgan fingerprint density at radius 1 is 1.33 bits per heavy atom. The Morgan fingerprint density at radius 2 is 2.15 bits per heavy atom. The van der Waals surface area contributed by atoms with Crippen LogP contribution in [-0.2, 0) is 16.6 Å². The van der Waals surface area contributed by atoms with E-state index in [2.05, 4.69) is 23.7 Å². The second kappa shape index (κ2) is 8.06. The predicted octanol–water partition coefficient (Wildman–Crippen LogP) is 1.90. The number of sulfonamides is 1. The van der Waals surface area contributed by atoms with E-state index in [0.29, 0.717) is 24.6 Å². The highest BCUT2D eigenvalue weighted by Gasteiger charge is 2.28. The molecule has 27 heavy (non-hydrogen) atoms. The lowest BCUT2D eigenvalue weighted by Gasteiger charge is -2.27. The molecule has 1 aromatic heterocycles. The number of benzene rings is 1.